The number of nitrogens with one attached hydrogen (secondary N) is 1. The number of rotatable bonds is 6. The summed E-state index contributed by atoms with van der Waals surface area (Å²) in [6, 6.07) is 5.15. The van der Waals surface area contributed by atoms with E-state index in [-0.39, 0.29) is 5.92 Å². The van der Waals surface area contributed by atoms with Crippen LogP contribution in [-0.4, -0.2) is 57.1 Å². The van der Waals surface area contributed by atoms with Crippen LogP contribution in [0.15, 0.2) is 18.2 Å². The van der Waals surface area contributed by atoms with Crippen LogP contribution in [0.5, 0.6) is 0 Å². The Bertz CT molecular complexity index is 945. The van der Waals surface area contributed by atoms with Crippen LogP contribution >= 0.6 is 22.9 Å². The van der Waals surface area contributed by atoms with E-state index in [2.05, 4.69) is 10.2 Å². The molecule has 0 saturated carbocycles. The summed E-state index contributed by atoms with van der Waals surface area (Å²) in [6.07, 6.45) is 0.798. The van der Waals surface area contributed by atoms with Crippen molar-refractivity contribution in [3.05, 3.63) is 44.9 Å². The highest BCUT2D eigenvalue weighted by atomic mass is 35.5. The Kier molecular flexibility index (Phi) is 7.69. The van der Waals surface area contributed by atoms with Gasteiger partial charge in [-0.25, -0.2) is 9.78 Å². The fraction of sp³-hybridized carbons (Fsp3) is 0.500. The molecule has 1 N–H and O–H groups in total. The molecule has 2 aromatic rings. The van der Waals surface area contributed by atoms with E-state index < -0.39 is 11.6 Å². The van der Waals surface area contributed by atoms with Gasteiger partial charge in [-0.2, -0.15) is 0 Å². The molecule has 2 atom stereocenters. The van der Waals surface area contributed by atoms with Crippen molar-refractivity contribution in [3.63, 3.8) is 0 Å². The van der Waals surface area contributed by atoms with Gasteiger partial charge in [0.1, 0.15) is 5.69 Å². The first-order chi connectivity index (χ1) is 15.0. The molecule has 0 radical (unpaired) electrons. The molecule has 9 heteroatoms. The number of fused-ring (bicyclic) bond motifs is 1. The van der Waals surface area contributed by atoms with Crippen molar-refractivity contribution in [3.8, 4) is 0 Å². The van der Waals surface area contributed by atoms with Crippen molar-refractivity contribution in [2.75, 3.05) is 44.8 Å². The fourth-order valence-electron chi connectivity index (χ4n) is 4.05. The zero-order chi connectivity index (χ0) is 22.6. The minimum Gasteiger partial charge on any atom is -0.444 e. The maximum absolute atomic E-state index is 12.8. The summed E-state index contributed by atoms with van der Waals surface area (Å²) in [7, 11) is 1.84. The highest BCUT2D eigenvalue weighted by Gasteiger charge is 2.53. The molecule has 7 nitrogen and oxygen atoms in total. The SMILES string of the molecule is CC.CNCC(C)C1(c2nc(N3CCOCC3)sc2C=O)OC(=O)c2cc(Cl)ccc21. The number of aldehydes is 1. The first-order valence-electron chi connectivity index (χ1n) is 10.5. The number of carbonyl (C=O) groups is 2. The van der Waals surface area contributed by atoms with Gasteiger partial charge in [-0.05, 0) is 19.2 Å². The zero-order valence-corrected chi connectivity index (χ0v) is 19.8. The van der Waals surface area contributed by atoms with Crippen LogP contribution in [0.2, 0.25) is 5.02 Å². The maximum Gasteiger partial charge on any atom is 0.339 e. The van der Waals surface area contributed by atoms with E-state index >= 15 is 0 Å². The molecule has 31 heavy (non-hydrogen) atoms. The number of thiazole rings is 1. The van der Waals surface area contributed by atoms with Crippen LogP contribution in [0.25, 0.3) is 0 Å². The van der Waals surface area contributed by atoms with Gasteiger partial charge in [0, 0.05) is 36.1 Å². The van der Waals surface area contributed by atoms with Crippen LogP contribution in [0, 0.1) is 5.92 Å². The Morgan fingerprint density at radius 3 is 2.71 bits per heavy atom. The highest BCUT2D eigenvalue weighted by molar-refractivity contribution is 7.17. The lowest BCUT2D eigenvalue weighted by Gasteiger charge is -2.34. The molecular formula is C22H28ClN3O4S. The fourth-order valence-corrected chi connectivity index (χ4v) is 5.21. The molecule has 4 rings (SSSR count). The molecule has 1 saturated heterocycles. The molecule has 1 aromatic carbocycles. The molecule has 0 bridgehead atoms. The van der Waals surface area contributed by atoms with Crippen molar-refractivity contribution >= 4 is 40.3 Å². The number of hydrogen-bond acceptors (Lipinski definition) is 8. The molecule has 2 aliphatic rings. The molecule has 1 aromatic heterocycles. The van der Waals surface area contributed by atoms with Crippen molar-refractivity contribution in [2.45, 2.75) is 26.4 Å². The number of morpholine rings is 1. The average molecular weight is 466 g/mol. The number of halogens is 1. The predicted octanol–water partition coefficient (Wildman–Crippen LogP) is 3.74. The van der Waals surface area contributed by atoms with Crippen molar-refractivity contribution in [1.82, 2.24) is 10.3 Å². The van der Waals surface area contributed by atoms with Gasteiger partial charge in [0.05, 0.1) is 23.7 Å². The van der Waals surface area contributed by atoms with Crippen LogP contribution < -0.4 is 10.2 Å². The molecule has 2 unspecified atom stereocenters. The minimum atomic E-state index is -1.16. The number of nitrogens with zero attached hydrogens (tertiary/aromatic N) is 2. The second kappa shape index (κ2) is 10.1. The number of benzene rings is 1. The van der Waals surface area contributed by atoms with Gasteiger partial charge in [0.15, 0.2) is 17.0 Å². The maximum atomic E-state index is 12.8. The molecule has 1 fully saturated rings. The summed E-state index contributed by atoms with van der Waals surface area (Å²) in [5.74, 6) is -0.625. The van der Waals surface area contributed by atoms with E-state index in [1.165, 1.54) is 11.3 Å². The van der Waals surface area contributed by atoms with E-state index in [0.717, 1.165) is 11.4 Å². The highest BCUT2D eigenvalue weighted by Crippen LogP contribution is 2.49. The van der Waals surface area contributed by atoms with E-state index in [9.17, 15) is 9.59 Å². The van der Waals surface area contributed by atoms with Crippen LogP contribution in [0.4, 0.5) is 5.13 Å². The smallest absolute Gasteiger partial charge is 0.339 e. The number of carbonyl (C=O) groups excluding carboxylic acids is 2. The summed E-state index contributed by atoms with van der Waals surface area (Å²) in [5, 5.41) is 4.34. The molecule has 3 heterocycles. The molecule has 2 aliphatic heterocycles. The third-order valence-corrected chi connectivity index (χ3v) is 6.72. The standard InChI is InChI=1S/C20H22ClN3O4S.C2H6/c1-12(10-22-2)20(15-4-3-13(21)9-14(15)18(26)28-20)17-16(11-25)29-19(23-17)24-5-7-27-8-6-24;1-2/h3-4,9,11-12,22H,5-8,10H2,1-2H3;1-2H3. The third-order valence-electron chi connectivity index (χ3n) is 5.44. The Labute approximate surface area is 191 Å². The number of hydrogen-bond donors (Lipinski definition) is 1. The quantitative estimate of drug-likeness (QED) is 0.514. The van der Waals surface area contributed by atoms with E-state index in [1.54, 1.807) is 18.2 Å². The largest absolute Gasteiger partial charge is 0.444 e. The second-order valence-corrected chi connectivity index (χ2v) is 8.65. The predicted molar refractivity (Wildman–Crippen MR) is 123 cm³/mol. The number of aromatic nitrogens is 1. The van der Waals surface area contributed by atoms with Crippen LogP contribution in [0.1, 0.15) is 52.1 Å². The van der Waals surface area contributed by atoms with E-state index in [4.69, 9.17) is 26.1 Å². The third kappa shape index (κ3) is 4.22. The number of ether oxygens (including phenoxy) is 2. The van der Waals surface area contributed by atoms with Gasteiger partial charge in [0.25, 0.3) is 0 Å². The molecule has 0 aliphatic carbocycles. The van der Waals surface area contributed by atoms with Gasteiger partial charge in [-0.15, -0.1) is 0 Å². The summed E-state index contributed by atoms with van der Waals surface area (Å²) in [4.78, 5) is 32.2. The van der Waals surface area contributed by atoms with Crippen molar-refractivity contribution in [2.24, 2.45) is 5.92 Å². The number of esters is 1. The van der Waals surface area contributed by atoms with E-state index in [1.807, 2.05) is 27.8 Å². The second-order valence-electron chi connectivity index (χ2n) is 7.20. The van der Waals surface area contributed by atoms with Gasteiger partial charge in [-0.1, -0.05) is 49.8 Å². The average Bonchev–Trinajstić information content (AvgIpc) is 3.36. The Morgan fingerprint density at radius 2 is 2.06 bits per heavy atom. The molecule has 168 valence electrons. The Balaban J connectivity index is 0.00000132. The van der Waals surface area contributed by atoms with Crippen molar-refractivity contribution in [1.29, 1.82) is 0 Å². The molecule has 0 amide bonds. The topological polar surface area (TPSA) is 80.8 Å². The number of cyclic esters (lactones) is 1. The minimum absolute atomic E-state index is 0.169. The lowest BCUT2D eigenvalue weighted by molar-refractivity contribution is -0.0156. The van der Waals surface area contributed by atoms with Crippen LogP contribution in [0.3, 0.4) is 0 Å². The lowest BCUT2D eigenvalue weighted by Crippen LogP contribution is -2.41. The monoisotopic (exact) mass is 465 g/mol. The summed E-state index contributed by atoms with van der Waals surface area (Å²) >= 11 is 7.44. The van der Waals surface area contributed by atoms with Gasteiger partial charge in [-0.3, -0.25) is 4.79 Å². The van der Waals surface area contributed by atoms with Crippen molar-refractivity contribution < 1.29 is 19.1 Å². The first kappa shape index (κ1) is 23.7. The Hall–Kier alpha value is -2.00. The normalized spacial score (nSPS) is 21.1. The lowest BCUT2D eigenvalue weighted by atomic mass is 9.78. The summed E-state index contributed by atoms with van der Waals surface area (Å²) in [6.45, 7) is 9.19. The van der Waals surface area contributed by atoms with Crippen LogP contribution in [-0.2, 0) is 15.1 Å². The Morgan fingerprint density at radius 1 is 1.35 bits per heavy atom. The van der Waals surface area contributed by atoms with Gasteiger partial charge < -0.3 is 19.7 Å². The summed E-state index contributed by atoms with van der Waals surface area (Å²) < 4.78 is 11.4. The summed E-state index contributed by atoms with van der Waals surface area (Å²) in [5.41, 5.74) is 0.433. The first-order valence-corrected chi connectivity index (χ1v) is 11.7. The molecule has 0 spiro atoms. The molecular weight excluding hydrogens is 438 g/mol. The van der Waals surface area contributed by atoms with E-state index in [0.29, 0.717) is 59.6 Å². The van der Waals surface area contributed by atoms with Gasteiger partial charge in [0.2, 0.25) is 0 Å². The number of anilines is 1. The zero-order valence-electron chi connectivity index (χ0n) is 18.2. The van der Waals surface area contributed by atoms with Gasteiger partial charge >= 0.3 is 5.97 Å².